The van der Waals surface area contributed by atoms with Gasteiger partial charge in [-0.2, -0.15) is 0 Å². The second-order valence-corrected chi connectivity index (χ2v) is 4.76. The summed E-state index contributed by atoms with van der Waals surface area (Å²) in [7, 11) is 0. The van der Waals surface area contributed by atoms with E-state index in [4.69, 9.17) is 4.74 Å². The van der Waals surface area contributed by atoms with Crippen LogP contribution in [0.5, 0.6) is 0 Å². The van der Waals surface area contributed by atoms with Gasteiger partial charge in [0, 0.05) is 24.4 Å². The summed E-state index contributed by atoms with van der Waals surface area (Å²) in [4.78, 5) is 4.49. The van der Waals surface area contributed by atoms with Gasteiger partial charge in [-0.15, -0.1) is 0 Å². The highest BCUT2D eigenvalue weighted by Gasteiger charge is 2.27. The average Bonchev–Trinajstić information content (AvgIpc) is 2.75. The van der Waals surface area contributed by atoms with E-state index in [2.05, 4.69) is 4.98 Å². The maximum atomic E-state index is 10.0. The van der Waals surface area contributed by atoms with Crippen molar-refractivity contribution >= 4 is 0 Å². The molecular weight excluding hydrogens is 204 g/mol. The van der Waals surface area contributed by atoms with Crippen LogP contribution in [-0.2, 0) is 11.2 Å². The molecule has 2 unspecified atom stereocenters. The number of hydrogen-bond donors (Lipinski definition) is 1. The van der Waals surface area contributed by atoms with Crippen molar-refractivity contribution in [2.24, 2.45) is 0 Å². The molecule has 1 aromatic rings. The van der Waals surface area contributed by atoms with E-state index in [0.29, 0.717) is 5.92 Å². The molecule has 2 aliphatic heterocycles. The first kappa shape index (κ1) is 10.3. The predicted octanol–water partition coefficient (Wildman–Crippen LogP) is 1.60. The molecular formula is C12H18N2O2. The number of aryl methyl sites for hydroxylation is 1. The molecule has 88 valence electrons. The third kappa shape index (κ3) is 1.66. The van der Waals surface area contributed by atoms with Crippen LogP contribution in [0.3, 0.4) is 0 Å². The van der Waals surface area contributed by atoms with Crippen molar-refractivity contribution in [2.75, 3.05) is 13.2 Å². The summed E-state index contributed by atoms with van der Waals surface area (Å²) in [6, 6.07) is 0. The van der Waals surface area contributed by atoms with E-state index in [1.54, 1.807) is 0 Å². The van der Waals surface area contributed by atoms with E-state index in [0.717, 1.165) is 51.1 Å². The van der Waals surface area contributed by atoms with Crippen molar-refractivity contribution in [2.45, 2.75) is 44.2 Å². The molecule has 0 bridgehead atoms. The van der Waals surface area contributed by atoms with Crippen molar-refractivity contribution in [1.29, 1.82) is 0 Å². The van der Waals surface area contributed by atoms with Crippen molar-refractivity contribution < 1.29 is 9.84 Å². The smallest absolute Gasteiger partial charge is 0.132 e. The fourth-order valence-corrected chi connectivity index (χ4v) is 2.78. The summed E-state index contributed by atoms with van der Waals surface area (Å²) < 4.78 is 7.53. The molecule has 0 aromatic carbocycles. The second-order valence-electron chi connectivity index (χ2n) is 4.76. The van der Waals surface area contributed by atoms with Crippen LogP contribution in [0, 0.1) is 0 Å². The first-order valence-electron chi connectivity index (χ1n) is 6.18. The van der Waals surface area contributed by atoms with Gasteiger partial charge in [-0.05, 0) is 32.1 Å². The Morgan fingerprint density at radius 2 is 2.31 bits per heavy atom. The summed E-state index contributed by atoms with van der Waals surface area (Å²) >= 11 is 0. The van der Waals surface area contributed by atoms with Crippen LogP contribution in [0.4, 0.5) is 0 Å². The van der Waals surface area contributed by atoms with E-state index < -0.39 is 0 Å². The largest absolute Gasteiger partial charge is 0.381 e. The number of hydrogen-bond acceptors (Lipinski definition) is 3. The highest BCUT2D eigenvalue weighted by molar-refractivity contribution is 5.13. The molecule has 2 aliphatic rings. The summed E-state index contributed by atoms with van der Waals surface area (Å²) in [5.74, 6) is 1.40. The van der Waals surface area contributed by atoms with Gasteiger partial charge < -0.3 is 14.4 Å². The highest BCUT2D eigenvalue weighted by atomic mass is 16.5. The zero-order chi connectivity index (χ0) is 11.0. The van der Waals surface area contributed by atoms with Gasteiger partial charge in [0.05, 0.1) is 6.61 Å². The van der Waals surface area contributed by atoms with E-state index in [1.807, 2.05) is 10.8 Å². The standard InChI is InChI=1S/C12H18N2O2/c15-11-5-1-4-10-7-13-12(14(10)11)9-3-2-6-16-8-9/h7,9,11,15H,1-6,8H2. The molecule has 1 saturated heterocycles. The van der Waals surface area contributed by atoms with Crippen LogP contribution in [0.15, 0.2) is 6.20 Å². The molecule has 1 N–H and O–H groups in total. The number of aliphatic hydroxyl groups is 1. The van der Waals surface area contributed by atoms with Crippen LogP contribution >= 0.6 is 0 Å². The van der Waals surface area contributed by atoms with Gasteiger partial charge in [-0.1, -0.05) is 0 Å². The Hall–Kier alpha value is -0.870. The molecule has 1 fully saturated rings. The zero-order valence-corrected chi connectivity index (χ0v) is 9.43. The molecule has 0 amide bonds. The van der Waals surface area contributed by atoms with Crippen molar-refractivity contribution in [1.82, 2.24) is 9.55 Å². The number of ether oxygens (including phenoxy) is 1. The summed E-state index contributed by atoms with van der Waals surface area (Å²) in [6.07, 6.45) is 6.73. The van der Waals surface area contributed by atoms with Crippen LogP contribution in [0.25, 0.3) is 0 Å². The third-order valence-corrected chi connectivity index (χ3v) is 3.62. The van der Waals surface area contributed by atoms with Crippen molar-refractivity contribution in [3.8, 4) is 0 Å². The molecule has 2 atom stereocenters. The van der Waals surface area contributed by atoms with Gasteiger partial charge in [-0.3, -0.25) is 0 Å². The van der Waals surface area contributed by atoms with E-state index in [1.165, 1.54) is 5.69 Å². The van der Waals surface area contributed by atoms with Gasteiger partial charge in [-0.25, -0.2) is 4.98 Å². The fraction of sp³-hybridized carbons (Fsp3) is 0.750. The summed E-state index contributed by atoms with van der Waals surface area (Å²) in [5.41, 5.74) is 1.18. The summed E-state index contributed by atoms with van der Waals surface area (Å²) in [6.45, 7) is 1.62. The molecule has 4 heteroatoms. The quantitative estimate of drug-likeness (QED) is 0.785. The minimum absolute atomic E-state index is 0.371. The number of rotatable bonds is 1. The van der Waals surface area contributed by atoms with Gasteiger partial charge in [0.1, 0.15) is 12.1 Å². The monoisotopic (exact) mass is 222 g/mol. The lowest BCUT2D eigenvalue weighted by atomic mass is 10.0. The molecule has 0 aliphatic carbocycles. The Balaban J connectivity index is 1.91. The van der Waals surface area contributed by atoms with Crippen molar-refractivity contribution in [3.63, 3.8) is 0 Å². The molecule has 3 heterocycles. The number of nitrogens with zero attached hydrogens (tertiary/aromatic N) is 2. The second kappa shape index (κ2) is 4.18. The first-order valence-corrected chi connectivity index (χ1v) is 6.18. The Bertz CT molecular complexity index is 369. The predicted molar refractivity (Wildman–Crippen MR) is 59.2 cm³/mol. The molecule has 3 rings (SSSR count). The van der Waals surface area contributed by atoms with Crippen molar-refractivity contribution in [3.05, 3.63) is 17.7 Å². The van der Waals surface area contributed by atoms with Crippen LogP contribution in [0.1, 0.15) is 49.3 Å². The number of aromatic nitrogens is 2. The maximum absolute atomic E-state index is 10.0. The van der Waals surface area contributed by atoms with Gasteiger partial charge in [0.25, 0.3) is 0 Å². The molecule has 16 heavy (non-hydrogen) atoms. The zero-order valence-electron chi connectivity index (χ0n) is 9.43. The lowest BCUT2D eigenvalue weighted by Crippen LogP contribution is -2.24. The van der Waals surface area contributed by atoms with Crippen LogP contribution in [0.2, 0.25) is 0 Å². The lowest BCUT2D eigenvalue weighted by Gasteiger charge is -2.27. The minimum Gasteiger partial charge on any atom is -0.381 e. The Labute approximate surface area is 95.3 Å². The Morgan fingerprint density at radius 1 is 1.38 bits per heavy atom. The molecule has 0 radical (unpaired) electrons. The molecule has 4 nitrogen and oxygen atoms in total. The maximum Gasteiger partial charge on any atom is 0.132 e. The molecule has 0 spiro atoms. The Kier molecular flexibility index (Phi) is 2.69. The highest BCUT2D eigenvalue weighted by Crippen LogP contribution is 2.31. The van der Waals surface area contributed by atoms with Gasteiger partial charge in [0.15, 0.2) is 0 Å². The fourth-order valence-electron chi connectivity index (χ4n) is 2.78. The number of fused-ring (bicyclic) bond motifs is 1. The van der Waals surface area contributed by atoms with Gasteiger partial charge in [0.2, 0.25) is 0 Å². The molecule has 1 aromatic heterocycles. The van der Waals surface area contributed by atoms with E-state index >= 15 is 0 Å². The SMILES string of the molecule is OC1CCCc2cnc(C3CCCOC3)n21. The van der Waals surface area contributed by atoms with Crippen LogP contribution < -0.4 is 0 Å². The number of aliphatic hydroxyl groups excluding tert-OH is 1. The lowest BCUT2D eigenvalue weighted by molar-refractivity contribution is 0.0556. The third-order valence-electron chi connectivity index (χ3n) is 3.62. The van der Waals surface area contributed by atoms with E-state index in [-0.39, 0.29) is 6.23 Å². The van der Waals surface area contributed by atoms with E-state index in [9.17, 15) is 5.11 Å². The summed E-state index contributed by atoms with van der Waals surface area (Å²) in [5, 5.41) is 10.0. The normalized spacial score (nSPS) is 30.1. The topological polar surface area (TPSA) is 47.3 Å². The number of imidazole rings is 1. The first-order chi connectivity index (χ1) is 7.86. The van der Waals surface area contributed by atoms with Gasteiger partial charge >= 0.3 is 0 Å². The average molecular weight is 222 g/mol. The van der Waals surface area contributed by atoms with Crippen LogP contribution in [-0.4, -0.2) is 27.9 Å². The minimum atomic E-state index is -0.372. The Morgan fingerprint density at radius 3 is 3.12 bits per heavy atom. The molecule has 0 saturated carbocycles.